The Morgan fingerprint density at radius 3 is 2.62 bits per heavy atom. The van der Waals surface area contributed by atoms with Gasteiger partial charge in [0.25, 0.3) is 0 Å². The van der Waals surface area contributed by atoms with Gasteiger partial charge >= 0.3 is 0 Å². The molecule has 1 aliphatic rings. The second kappa shape index (κ2) is 4.84. The summed E-state index contributed by atoms with van der Waals surface area (Å²) in [6, 6.07) is 1.71. The molecule has 0 aromatic carbocycles. The molecule has 4 nitrogen and oxygen atoms in total. The Kier molecular flexibility index (Phi) is 3.93. The molecule has 0 saturated heterocycles. The van der Waals surface area contributed by atoms with Crippen LogP contribution in [0.2, 0.25) is 0 Å². The highest BCUT2D eigenvalue weighted by Crippen LogP contribution is 2.25. The Morgan fingerprint density at radius 1 is 1.50 bits per heavy atom. The lowest BCUT2D eigenvalue weighted by molar-refractivity contribution is -0.125. The molecule has 90 valence electrons. The summed E-state index contributed by atoms with van der Waals surface area (Å²) in [6.07, 6.45) is 2.78. The first-order valence-corrected chi connectivity index (χ1v) is 5.82. The first-order valence-electron chi connectivity index (χ1n) is 5.82. The van der Waals surface area contributed by atoms with E-state index in [1.54, 1.807) is 0 Å². The van der Waals surface area contributed by atoms with Crippen LogP contribution in [-0.4, -0.2) is 18.0 Å². The third kappa shape index (κ3) is 2.96. The maximum atomic E-state index is 11.9. The van der Waals surface area contributed by atoms with Gasteiger partial charge in [-0.25, -0.2) is 0 Å². The summed E-state index contributed by atoms with van der Waals surface area (Å²) in [7, 11) is 0. The van der Waals surface area contributed by atoms with E-state index in [-0.39, 0.29) is 23.3 Å². The van der Waals surface area contributed by atoms with Crippen LogP contribution in [0.5, 0.6) is 0 Å². The van der Waals surface area contributed by atoms with E-state index in [1.165, 1.54) is 0 Å². The van der Waals surface area contributed by atoms with Gasteiger partial charge in [0.1, 0.15) is 0 Å². The van der Waals surface area contributed by atoms with E-state index in [1.807, 2.05) is 20.8 Å². The predicted octanol–water partition coefficient (Wildman–Crippen LogP) is 1.17. The number of amides is 1. The zero-order chi connectivity index (χ0) is 12.3. The van der Waals surface area contributed by atoms with Crippen molar-refractivity contribution >= 4 is 5.91 Å². The first kappa shape index (κ1) is 13.0. The molecule has 3 atom stereocenters. The largest absolute Gasteiger partial charge is 0.351 e. The quantitative estimate of drug-likeness (QED) is 0.737. The molecule has 2 unspecified atom stereocenters. The van der Waals surface area contributed by atoms with Crippen molar-refractivity contribution < 1.29 is 4.79 Å². The van der Waals surface area contributed by atoms with E-state index in [9.17, 15) is 4.79 Å². The highest BCUT2D eigenvalue weighted by atomic mass is 16.2. The van der Waals surface area contributed by atoms with E-state index in [2.05, 4.69) is 11.4 Å². The SMILES string of the molecule is CC(C)(C)[C@@H](N)C(=O)NC1CCCC1C#N. The molecule has 0 aromatic rings. The van der Waals surface area contributed by atoms with E-state index < -0.39 is 6.04 Å². The van der Waals surface area contributed by atoms with Crippen LogP contribution in [0.1, 0.15) is 40.0 Å². The van der Waals surface area contributed by atoms with Crippen LogP contribution in [0.3, 0.4) is 0 Å². The van der Waals surface area contributed by atoms with Gasteiger partial charge in [0.05, 0.1) is 18.0 Å². The van der Waals surface area contributed by atoms with E-state index in [0.717, 1.165) is 19.3 Å². The molecule has 0 heterocycles. The standard InChI is InChI=1S/C12H21N3O/c1-12(2,3)10(14)11(16)15-9-6-4-5-8(9)7-13/h8-10H,4-6,14H2,1-3H3,(H,15,16)/t8?,9?,10-/m0/s1. The molecule has 0 spiro atoms. The summed E-state index contributed by atoms with van der Waals surface area (Å²) in [4.78, 5) is 11.9. The molecule has 0 aliphatic heterocycles. The first-order chi connectivity index (χ1) is 7.36. The van der Waals surface area contributed by atoms with Crippen LogP contribution < -0.4 is 11.1 Å². The second-order valence-electron chi connectivity index (χ2n) is 5.63. The number of nitriles is 1. The van der Waals surface area contributed by atoms with Crippen molar-refractivity contribution in [1.29, 1.82) is 5.26 Å². The van der Waals surface area contributed by atoms with Crippen molar-refractivity contribution in [3.8, 4) is 6.07 Å². The minimum Gasteiger partial charge on any atom is -0.351 e. The lowest BCUT2D eigenvalue weighted by atomic mass is 9.86. The Morgan fingerprint density at radius 2 is 2.12 bits per heavy atom. The van der Waals surface area contributed by atoms with Gasteiger partial charge in [0, 0.05) is 6.04 Å². The zero-order valence-corrected chi connectivity index (χ0v) is 10.3. The van der Waals surface area contributed by atoms with Crippen LogP contribution in [0, 0.1) is 22.7 Å². The molecule has 1 amide bonds. The number of hydrogen-bond donors (Lipinski definition) is 2. The van der Waals surface area contributed by atoms with E-state index in [4.69, 9.17) is 11.0 Å². The minimum atomic E-state index is -0.521. The lowest BCUT2D eigenvalue weighted by Crippen LogP contribution is -2.51. The fourth-order valence-corrected chi connectivity index (χ4v) is 1.95. The highest BCUT2D eigenvalue weighted by molar-refractivity contribution is 5.82. The van der Waals surface area contributed by atoms with Crippen molar-refractivity contribution in [2.24, 2.45) is 17.1 Å². The topological polar surface area (TPSA) is 78.9 Å². The highest BCUT2D eigenvalue weighted by Gasteiger charge is 2.33. The maximum Gasteiger partial charge on any atom is 0.237 e. The molecule has 1 aliphatic carbocycles. The molecule has 1 rings (SSSR count). The van der Waals surface area contributed by atoms with Crippen LogP contribution in [-0.2, 0) is 4.79 Å². The number of rotatable bonds is 2. The molecule has 16 heavy (non-hydrogen) atoms. The molecule has 1 fully saturated rings. The van der Waals surface area contributed by atoms with Gasteiger partial charge in [-0.3, -0.25) is 4.79 Å². The molecule has 0 bridgehead atoms. The van der Waals surface area contributed by atoms with Crippen molar-refractivity contribution in [1.82, 2.24) is 5.32 Å². The van der Waals surface area contributed by atoms with Crippen molar-refractivity contribution in [3.05, 3.63) is 0 Å². The fourth-order valence-electron chi connectivity index (χ4n) is 1.95. The average molecular weight is 223 g/mol. The third-order valence-electron chi connectivity index (χ3n) is 3.22. The van der Waals surface area contributed by atoms with Crippen LogP contribution in [0.15, 0.2) is 0 Å². The lowest BCUT2D eigenvalue weighted by Gasteiger charge is -2.27. The molecule has 4 heteroatoms. The summed E-state index contributed by atoms with van der Waals surface area (Å²) in [5, 5.41) is 11.8. The minimum absolute atomic E-state index is 0.00843. The van der Waals surface area contributed by atoms with E-state index in [0.29, 0.717) is 0 Å². The number of nitrogens with two attached hydrogens (primary N) is 1. The number of nitrogens with zero attached hydrogens (tertiary/aromatic N) is 1. The van der Waals surface area contributed by atoms with Gasteiger partial charge in [0.2, 0.25) is 5.91 Å². The average Bonchev–Trinajstić information content (AvgIpc) is 2.62. The smallest absolute Gasteiger partial charge is 0.237 e. The number of carbonyl (C=O) groups is 1. The number of nitrogens with one attached hydrogen (secondary N) is 1. The zero-order valence-electron chi connectivity index (χ0n) is 10.3. The van der Waals surface area contributed by atoms with Gasteiger partial charge < -0.3 is 11.1 Å². The number of hydrogen-bond acceptors (Lipinski definition) is 3. The number of carbonyl (C=O) groups excluding carboxylic acids is 1. The molecule has 0 radical (unpaired) electrons. The monoisotopic (exact) mass is 223 g/mol. The van der Waals surface area contributed by atoms with Gasteiger partial charge in [0.15, 0.2) is 0 Å². The predicted molar refractivity (Wildman–Crippen MR) is 62.3 cm³/mol. The van der Waals surface area contributed by atoms with Gasteiger partial charge in [-0.2, -0.15) is 5.26 Å². The van der Waals surface area contributed by atoms with Gasteiger partial charge in [-0.1, -0.05) is 20.8 Å². The molecular formula is C12H21N3O. The summed E-state index contributed by atoms with van der Waals surface area (Å²) >= 11 is 0. The van der Waals surface area contributed by atoms with Crippen molar-refractivity contribution in [2.45, 2.75) is 52.1 Å². The Hall–Kier alpha value is -1.08. The molecule has 3 N–H and O–H groups in total. The summed E-state index contributed by atoms with van der Waals surface area (Å²) < 4.78 is 0. The summed E-state index contributed by atoms with van der Waals surface area (Å²) in [5.41, 5.74) is 5.62. The summed E-state index contributed by atoms with van der Waals surface area (Å²) in [6.45, 7) is 5.81. The van der Waals surface area contributed by atoms with Crippen molar-refractivity contribution in [2.75, 3.05) is 0 Å². The van der Waals surface area contributed by atoms with Crippen molar-refractivity contribution in [3.63, 3.8) is 0 Å². The molecule has 1 saturated carbocycles. The van der Waals surface area contributed by atoms with Crippen LogP contribution in [0.4, 0.5) is 0 Å². The molecule has 0 aromatic heterocycles. The third-order valence-corrected chi connectivity index (χ3v) is 3.22. The fraction of sp³-hybridized carbons (Fsp3) is 0.833. The maximum absolute atomic E-state index is 11.9. The van der Waals surface area contributed by atoms with Gasteiger partial charge in [-0.05, 0) is 24.7 Å². The van der Waals surface area contributed by atoms with Crippen LogP contribution >= 0.6 is 0 Å². The second-order valence-corrected chi connectivity index (χ2v) is 5.63. The summed E-state index contributed by atoms with van der Waals surface area (Å²) in [5.74, 6) is -0.184. The normalized spacial score (nSPS) is 27.2. The Labute approximate surface area is 97.2 Å². The van der Waals surface area contributed by atoms with E-state index >= 15 is 0 Å². The molecular weight excluding hydrogens is 202 g/mol. The Balaban J connectivity index is 2.55. The van der Waals surface area contributed by atoms with Crippen LogP contribution in [0.25, 0.3) is 0 Å². The van der Waals surface area contributed by atoms with Gasteiger partial charge in [-0.15, -0.1) is 0 Å². The Bertz CT molecular complexity index is 300.